The number of amidine groups is 1. The number of aryl methyl sites for hydroxylation is 1. The molecule has 1 fully saturated rings. The first kappa shape index (κ1) is 14.3. The topological polar surface area (TPSA) is 115 Å². The highest BCUT2D eigenvalue weighted by atomic mass is 16.5. The Kier molecular flexibility index (Phi) is 4.23. The molecule has 0 spiro atoms. The van der Waals surface area contributed by atoms with E-state index in [0.29, 0.717) is 32.6 Å². The van der Waals surface area contributed by atoms with Crippen LogP contribution in [-0.2, 0) is 23.1 Å². The van der Waals surface area contributed by atoms with E-state index in [1.54, 1.807) is 17.9 Å². The molecule has 8 heteroatoms. The van der Waals surface area contributed by atoms with Crippen molar-refractivity contribution in [3.05, 3.63) is 18.0 Å². The van der Waals surface area contributed by atoms with Gasteiger partial charge in [-0.1, -0.05) is 5.16 Å². The van der Waals surface area contributed by atoms with Crippen LogP contribution < -0.4 is 11.1 Å². The van der Waals surface area contributed by atoms with Crippen molar-refractivity contribution in [1.29, 1.82) is 0 Å². The van der Waals surface area contributed by atoms with Crippen molar-refractivity contribution in [3.63, 3.8) is 0 Å². The third-order valence-corrected chi connectivity index (χ3v) is 3.73. The molecule has 0 aliphatic carbocycles. The maximum absolute atomic E-state index is 12.5. The van der Waals surface area contributed by atoms with Gasteiger partial charge in [-0.3, -0.25) is 9.48 Å². The van der Waals surface area contributed by atoms with Crippen molar-refractivity contribution in [1.82, 2.24) is 15.1 Å². The van der Waals surface area contributed by atoms with Crippen molar-refractivity contribution in [2.24, 2.45) is 23.4 Å². The van der Waals surface area contributed by atoms with Gasteiger partial charge in [0.1, 0.15) is 5.41 Å². The highest BCUT2D eigenvalue weighted by Crippen LogP contribution is 2.31. The van der Waals surface area contributed by atoms with E-state index in [1.165, 1.54) is 0 Å². The zero-order chi connectivity index (χ0) is 14.6. The van der Waals surface area contributed by atoms with Crippen LogP contribution in [0.5, 0.6) is 0 Å². The van der Waals surface area contributed by atoms with Gasteiger partial charge in [0, 0.05) is 26.5 Å². The molecule has 2 rings (SSSR count). The number of aromatic nitrogens is 2. The summed E-state index contributed by atoms with van der Waals surface area (Å²) >= 11 is 0. The quantitative estimate of drug-likeness (QED) is 0.300. The lowest BCUT2D eigenvalue weighted by atomic mass is 9.78. The summed E-state index contributed by atoms with van der Waals surface area (Å²) in [6.07, 6.45) is 2.47. The second-order valence-corrected chi connectivity index (χ2v) is 4.81. The molecule has 1 amide bonds. The highest BCUT2D eigenvalue weighted by Gasteiger charge is 2.44. The number of carbonyl (C=O) groups is 1. The van der Waals surface area contributed by atoms with Gasteiger partial charge in [0.05, 0.1) is 12.2 Å². The van der Waals surface area contributed by atoms with Gasteiger partial charge in [-0.15, -0.1) is 0 Å². The van der Waals surface area contributed by atoms with Gasteiger partial charge in [-0.25, -0.2) is 0 Å². The first-order chi connectivity index (χ1) is 9.60. The predicted octanol–water partition coefficient (Wildman–Crippen LogP) is -0.420. The van der Waals surface area contributed by atoms with E-state index in [0.717, 1.165) is 5.69 Å². The number of carbonyl (C=O) groups excluding carboxylic acids is 1. The second-order valence-electron chi connectivity index (χ2n) is 4.81. The Morgan fingerprint density at radius 3 is 2.90 bits per heavy atom. The molecule has 0 saturated carbocycles. The summed E-state index contributed by atoms with van der Waals surface area (Å²) in [7, 11) is 1.80. The molecule has 8 nitrogen and oxygen atoms in total. The third-order valence-electron chi connectivity index (χ3n) is 3.73. The van der Waals surface area contributed by atoms with Gasteiger partial charge < -0.3 is 21.0 Å². The number of nitrogens with two attached hydrogens (primary N) is 1. The van der Waals surface area contributed by atoms with Crippen LogP contribution in [0.15, 0.2) is 17.4 Å². The van der Waals surface area contributed by atoms with Gasteiger partial charge in [0.25, 0.3) is 0 Å². The first-order valence-electron chi connectivity index (χ1n) is 6.41. The minimum Gasteiger partial charge on any atom is -0.409 e. The van der Waals surface area contributed by atoms with Crippen molar-refractivity contribution in [2.45, 2.75) is 19.4 Å². The average Bonchev–Trinajstić information content (AvgIpc) is 2.89. The molecule has 4 N–H and O–H groups in total. The molecule has 1 aromatic heterocycles. The van der Waals surface area contributed by atoms with Gasteiger partial charge in [-0.2, -0.15) is 5.10 Å². The molecule has 0 radical (unpaired) electrons. The normalized spacial score (nSPS) is 18.8. The molecule has 0 aromatic carbocycles. The minimum absolute atomic E-state index is 0.0664. The van der Waals surface area contributed by atoms with Crippen molar-refractivity contribution < 1.29 is 14.7 Å². The van der Waals surface area contributed by atoms with Gasteiger partial charge >= 0.3 is 0 Å². The number of hydrogen-bond acceptors (Lipinski definition) is 5. The summed E-state index contributed by atoms with van der Waals surface area (Å²) in [5.41, 5.74) is 5.61. The zero-order valence-electron chi connectivity index (χ0n) is 11.4. The largest absolute Gasteiger partial charge is 0.409 e. The number of ether oxygens (including phenoxy) is 1. The molecule has 0 unspecified atom stereocenters. The van der Waals surface area contributed by atoms with E-state index in [1.807, 2.05) is 6.07 Å². The number of amides is 1. The van der Waals surface area contributed by atoms with E-state index < -0.39 is 5.41 Å². The van der Waals surface area contributed by atoms with Crippen LogP contribution >= 0.6 is 0 Å². The Labute approximate surface area is 116 Å². The van der Waals surface area contributed by atoms with Crippen molar-refractivity contribution >= 4 is 11.7 Å². The fourth-order valence-electron chi connectivity index (χ4n) is 2.33. The lowest BCUT2D eigenvalue weighted by Crippen LogP contribution is -2.52. The number of nitrogens with zero attached hydrogens (tertiary/aromatic N) is 3. The molecule has 1 saturated heterocycles. The van der Waals surface area contributed by atoms with Crippen LogP contribution in [0.4, 0.5) is 0 Å². The van der Waals surface area contributed by atoms with Crippen LogP contribution in [0.1, 0.15) is 18.5 Å². The summed E-state index contributed by atoms with van der Waals surface area (Å²) in [6, 6.07) is 1.82. The minimum atomic E-state index is -0.994. The Hall–Kier alpha value is -2.09. The molecule has 0 bridgehead atoms. The number of hydrogen-bond donors (Lipinski definition) is 3. The Balaban J connectivity index is 2.09. The van der Waals surface area contributed by atoms with E-state index in [-0.39, 0.29) is 11.7 Å². The zero-order valence-corrected chi connectivity index (χ0v) is 11.4. The summed E-state index contributed by atoms with van der Waals surface area (Å²) in [4.78, 5) is 12.5. The van der Waals surface area contributed by atoms with Crippen molar-refractivity contribution in [2.75, 3.05) is 13.2 Å². The van der Waals surface area contributed by atoms with E-state index in [4.69, 9.17) is 15.7 Å². The van der Waals surface area contributed by atoms with E-state index >= 15 is 0 Å². The molecule has 1 aromatic rings. The monoisotopic (exact) mass is 281 g/mol. The summed E-state index contributed by atoms with van der Waals surface area (Å²) in [5, 5.41) is 18.8. The maximum atomic E-state index is 12.5. The molecular formula is C12H19N5O3. The molecule has 2 heterocycles. The number of nitrogens with one attached hydrogen (secondary N) is 1. The first-order valence-corrected chi connectivity index (χ1v) is 6.41. The number of oxime groups is 1. The van der Waals surface area contributed by atoms with Gasteiger partial charge in [-0.05, 0) is 18.9 Å². The molecule has 0 atom stereocenters. The van der Waals surface area contributed by atoms with Crippen molar-refractivity contribution in [3.8, 4) is 0 Å². The Morgan fingerprint density at radius 2 is 2.35 bits per heavy atom. The smallest absolute Gasteiger partial charge is 0.234 e. The van der Waals surface area contributed by atoms with E-state index in [9.17, 15) is 4.79 Å². The standard InChI is InChI=1S/C12H19N5O3/c1-17-9(2-5-15-17)8-14-11(18)12(10(13)16-19)3-6-20-7-4-12/h2,5,19H,3-4,6-8H2,1H3,(H2,13,16)(H,14,18). The lowest BCUT2D eigenvalue weighted by Gasteiger charge is -2.34. The van der Waals surface area contributed by atoms with Crippen LogP contribution in [-0.4, -0.2) is 39.9 Å². The summed E-state index contributed by atoms with van der Waals surface area (Å²) in [6.45, 7) is 1.17. The van der Waals surface area contributed by atoms with Gasteiger partial charge in [0.15, 0.2) is 5.84 Å². The molecule has 20 heavy (non-hydrogen) atoms. The highest BCUT2D eigenvalue weighted by molar-refractivity contribution is 6.06. The van der Waals surface area contributed by atoms with E-state index in [2.05, 4.69) is 15.6 Å². The lowest BCUT2D eigenvalue weighted by molar-refractivity contribution is -0.131. The molecule has 110 valence electrons. The SMILES string of the molecule is Cn1nccc1CNC(=O)C1(C(N)=NO)CCOCC1. The van der Waals surface area contributed by atoms with Crippen LogP contribution in [0.25, 0.3) is 0 Å². The van der Waals surface area contributed by atoms with Crippen LogP contribution in [0.3, 0.4) is 0 Å². The second kappa shape index (κ2) is 5.91. The molecule has 1 aliphatic rings. The molecular weight excluding hydrogens is 262 g/mol. The predicted molar refractivity (Wildman–Crippen MR) is 70.9 cm³/mol. The Morgan fingerprint density at radius 1 is 1.65 bits per heavy atom. The fraction of sp³-hybridized carbons (Fsp3) is 0.583. The third kappa shape index (κ3) is 2.60. The maximum Gasteiger partial charge on any atom is 0.234 e. The van der Waals surface area contributed by atoms with Crippen LogP contribution in [0.2, 0.25) is 0 Å². The summed E-state index contributed by atoms with van der Waals surface area (Å²) in [5.74, 6) is -0.319. The number of rotatable bonds is 4. The van der Waals surface area contributed by atoms with Gasteiger partial charge in [0.2, 0.25) is 5.91 Å². The molecule has 1 aliphatic heterocycles. The van der Waals surface area contributed by atoms with Crippen LogP contribution in [0, 0.1) is 5.41 Å². The fourth-order valence-corrected chi connectivity index (χ4v) is 2.33. The average molecular weight is 281 g/mol. The summed E-state index contributed by atoms with van der Waals surface area (Å²) < 4.78 is 6.93. The Bertz CT molecular complexity index is 505.